The summed E-state index contributed by atoms with van der Waals surface area (Å²) in [5.74, 6) is 4.19. The predicted octanol–water partition coefficient (Wildman–Crippen LogP) is 4.61. The number of benzene rings is 2. The third kappa shape index (κ3) is 5.08. The fourth-order valence-corrected chi connectivity index (χ4v) is 5.72. The molecule has 0 N–H and O–H groups in total. The number of methoxy groups -OCH3 is 2. The van der Waals surface area contributed by atoms with Gasteiger partial charge in [-0.1, -0.05) is 12.1 Å². The maximum atomic E-state index is 12.5. The monoisotopic (exact) mass is 419 g/mol. The summed E-state index contributed by atoms with van der Waals surface area (Å²) in [6, 6.07) is 13.4. The Labute approximate surface area is 174 Å². The van der Waals surface area contributed by atoms with Crippen molar-refractivity contribution in [1.29, 1.82) is 0 Å². The molecular formula is C21H25NO4S2. The SMILES string of the molecule is COc1ccc(N(C)C(=O)COc2ccc(C3SCCCS3)cc2)cc1OC. The summed E-state index contributed by atoms with van der Waals surface area (Å²) < 4.78 is 16.7. The van der Waals surface area contributed by atoms with E-state index in [9.17, 15) is 4.79 Å². The van der Waals surface area contributed by atoms with Crippen molar-refractivity contribution < 1.29 is 19.0 Å². The molecule has 0 spiro atoms. The molecule has 1 aliphatic rings. The first-order valence-corrected chi connectivity index (χ1v) is 11.2. The van der Waals surface area contributed by atoms with Gasteiger partial charge < -0.3 is 19.1 Å². The van der Waals surface area contributed by atoms with Crippen molar-refractivity contribution >= 4 is 35.1 Å². The van der Waals surface area contributed by atoms with Crippen LogP contribution in [-0.2, 0) is 4.79 Å². The minimum absolute atomic E-state index is 0.0306. The van der Waals surface area contributed by atoms with Crippen LogP contribution < -0.4 is 19.1 Å². The van der Waals surface area contributed by atoms with Crippen LogP contribution in [0.5, 0.6) is 17.2 Å². The number of hydrogen-bond donors (Lipinski definition) is 0. The summed E-state index contributed by atoms with van der Waals surface area (Å²) in [5, 5.41) is 0. The van der Waals surface area contributed by atoms with Crippen LogP contribution in [0.1, 0.15) is 16.6 Å². The zero-order valence-corrected chi connectivity index (χ0v) is 18.0. The summed E-state index contributed by atoms with van der Waals surface area (Å²) in [5.41, 5.74) is 2.02. The molecule has 0 bridgehead atoms. The van der Waals surface area contributed by atoms with Crippen LogP contribution in [0, 0.1) is 0 Å². The molecule has 0 aromatic heterocycles. The highest BCUT2D eigenvalue weighted by Gasteiger charge is 2.17. The highest BCUT2D eigenvalue weighted by Crippen LogP contribution is 2.43. The van der Waals surface area contributed by atoms with Gasteiger partial charge in [-0.15, -0.1) is 23.5 Å². The van der Waals surface area contributed by atoms with Crippen molar-refractivity contribution in [2.75, 3.05) is 44.3 Å². The van der Waals surface area contributed by atoms with Gasteiger partial charge in [-0.3, -0.25) is 4.79 Å². The number of anilines is 1. The smallest absolute Gasteiger partial charge is 0.264 e. The molecule has 0 radical (unpaired) electrons. The lowest BCUT2D eigenvalue weighted by Crippen LogP contribution is -2.31. The first-order chi connectivity index (χ1) is 13.6. The Hall–Kier alpha value is -1.99. The number of rotatable bonds is 7. The molecule has 1 saturated heterocycles. The lowest BCUT2D eigenvalue weighted by atomic mass is 10.2. The molecule has 1 aliphatic heterocycles. The van der Waals surface area contributed by atoms with Gasteiger partial charge in [0.2, 0.25) is 0 Å². The summed E-state index contributed by atoms with van der Waals surface area (Å²) >= 11 is 3.98. The topological polar surface area (TPSA) is 48.0 Å². The van der Waals surface area contributed by atoms with Gasteiger partial charge in [0.25, 0.3) is 5.91 Å². The van der Waals surface area contributed by atoms with Crippen molar-refractivity contribution in [1.82, 2.24) is 0 Å². The number of carbonyl (C=O) groups is 1. The van der Waals surface area contributed by atoms with Gasteiger partial charge in [0.15, 0.2) is 18.1 Å². The molecule has 3 rings (SSSR count). The molecule has 0 aliphatic carbocycles. The van der Waals surface area contributed by atoms with E-state index in [-0.39, 0.29) is 12.5 Å². The fourth-order valence-electron chi connectivity index (χ4n) is 2.82. The van der Waals surface area contributed by atoms with Crippen LogP contribution in [0.3, 0.4) is 0 Å². The molecule has 5 nitrogen and oxygen atoms in total. The number of nitrogens with zero attached hydrogens (tertiary/aromatic N) is 1. The second kappa shape index (κ2) is 9.98. The Morgan fingerprint density at radius 1 is 1.04 bits per heavy atom. The average Bonchev–Trinajstić information content (AvgIpc) is 2.77. The Balaban J connectivity index is 1.57. The molecule has 1 amide bonds. The molecule has 0 unspecified atom stereocenters. The lowest BCUT2D eigenvalue weighted by Gasteiger charge is -2.21. The van der Waals surface area contributed by atoms with Crippen LogP contribution in [0.4, 0.5) is 5.69 Å². The second-order valence-electron chi connectivity index (χ2n) is 6.28. The van der Waals surface area contributed by atoms with Gasteiger partial charge >= 0.3 is 0 Å². The summed E-state index contributed by atoms with van der Waals surface area (Å²) in [7, 11) is 4.87. The predicted molar refractivity (Wildman–Crippen MR) is 117 cm³/mol. The summed E-state index contributed by atoms with van der Waals surface area (Å²) in [4.78, 5) is 14.1. The largest absolute Gasteiger partial charge is 0.493 e. The van der Waals surface area contributed by atoms with E-state index in [1.165, 1.54) is 23.5 Å². The first-order valence-electron chi connectivity index (χ1n) is 9.07. The Morgan fingerprint density at radius 2 is 1.71 bits per heavy atom. The van der Waals surface area contributed by atoms with E-state index in [4.69, 9.17) is 14.2 Å². The van der Waals surface area contributed by atoms with Gasteiger partial charge in [-0.05, 0) is 47.8 Å². The van der Waals surface area contributed by atoms with Crippen molar-refractivity contribution in [3.05, 3.63) is 48.0 Å². The number of carbonyl (C=O) groups excluding carboxylic acids is 1. The fraction of sp³-hybridized carbons (Fsp3) is 0.381. The molecule has 1 fully saturated rings. The number of likely N-dealkylation sites (N-methyl/N-ethyl adjacent to an activating group) is 1. The zero-order valence-electron chi connectivity index (χ0n) is 16.3. The Kier molecular flexibility index (Phi) is 7.39. The van der Waals surface area contributed by atoms with Crippen LogP contribution >= 0.6 is 23.5 Å². The second-order valence-corrected chi connectivity index (χ2v) is 9.00. The van der Waals surface area contributed by atoms with Gasteiger partial charge in [0, 0.05) is 18.8 Å². The van der Waals surface area contributed by atoms with Gasteiger partial charge in [-0.2, -0.15) is 0 Å². The zero-order chi connectivity index (χ0) is 19.9. The number of thioether (sulfide) groups is 2. The maximum Gasteiger partial charge on any atom is 0.264 e. The molecule has 0 saturated carbocycles. The van der Waals surface area contributed by atoms with E-state index in [2.05, 4.69) is 12.1 Å². The van der Waals surface area contributed by atoms with E-state index >= 15 is 0 Å². The number of amides is 1. The average molecular weight is 420 g/mol. The molecule has 28 heavy (non-hydrogen) atoms. The third-order valence-electron chi connectivity index (χ3n) is 4.47. The molecule has 2 aromatic carbocycles. The summed E-state index contributed by atoms with van der Waals surface area (Å²) in [6.45, 7) is -0.0306. The third-order valence-corrected chi connectivity index (χ3v) is 7.49. The van der Waals surface area contributed by atoms with Crippen molar-refractivity contribution in [2.45, 2.75) is 11.0 Å². The molecule has 0 atom stereocenters. The lowest BCUT2D eigenvalue weighted by molar-refractivity contribution is -0.120. The van der Waals surface area contributed by atoms with Crippen molar-refractivity contribution in [3.63, 3.8) is 0 Å². The number of ether oxygens (including phenoxy) is 3. The van der Waals surface area contributed by atoms with E-state index in [0.29, 0.717) is 27.5 Å². The normalized spacial score (nSPS) is 14.4. The molecular weight excluding hydrogens is 394 g/mol. The Morgan fingerprint density at radius 3 is 2.36 bits per heavy atom. The molecule has 1 heterocycles. The van der Waals surface area contributed by atoms with Crippen LogP contribution in [0.2, 0.25) is 0 Å². The van der Waals surface area contributed by atoms with E-state index in [1.54, 1.807) is 38.3 Å². The van der Waals surface area contributed by atoms with Gasteiger partial charge in [-0.25, -0.2) is 0 Å². The van der Waals surface area contributed by atoms with E-state index < -0.39 is 0 Å². The van der Waals surface area contributed by atoms with Crippen molar-refractivity contribution in [2.24, 2.45) is 0 Å². The number of hydrogen-bond acceptors (Lipinski definition) is 6. The minimum Gasteiger partial charge on any atom is -0.493 e. The highest BCUT2D eigenvalue weighted by molar-refractivity contribution is 8.16. The quantitative estimate of drug-likeness (QED) is 0.653. The molecule has 2 aromatic rings. The van der Waals surface area contributed by atoms with E-state index in [0.717, 1.165) is 0 Å². The minimum atomic E-state index is -0.144. The van der Waals surface area contributed by atoms with Crippen molar-refractivity contribution in [3.8, 4) is 17.2 Å². The van der Waals surface area contributed by atoms with Crippen LogP contribution in [0.15, 0.2) is 42.5 Å². The highest BCUT2D eigenvalue weighted by atomic mass is 32.2. The molecule has 7 heteroatoms. The standard InChI is InChI=1S/C21H25NO4S2/c1-22(16-7-10-18(24-2)19(13-16)25-3)20(23)14-26-17-8-5-15(6-9-17)21-27-11-4-12-28-21/h5-10,13,21H,4,11-12,14H2,1-3H3. The van der Waals surface area contributed by atoms with Crippen LogP contribution in [-0.4, -0.2) is 45.3 Å². The maximum absolute atomic E-state index is 12.5. The van der Waals surface area contributed by atoms with Gasteiger partial charge in [0.05, 0.1) is 18.8 Å². The Bertz CT molecular complexity index is 791. The van der Waals surface area contributed by atoms with Gasteiger partial charge in [0.1, 0.15) is 5.75 Å². The van der Waals surface area contributed by atoms with Crippen LogP contribution in [0.25, 0.3) is 0 Å². The van der Waals surface area contributed by atoms with E-state index in [1.807, 2.05) is 41.7 Å². The molecule has 150 valence electrons. The first kappa shape index (κ1) is 20.7. The summed E-state index contributed by atoms with van der Waals surface area (Å²) in [6.07, 6.45) is 1.28.